The van der Waals surface area contributed by atoms with E-state index in [2.05, 4.69) is 13.8 Å². The Bertz CT molecular complexity index is 338. The van der Waals surface area contributed by atoms with Crippen molar-refractivity contribution < 1.29 is 14.7 Å². The molecule has 0 aromatic heterocycles. The van der Waals surface area contributed by atoms with Crippen molar-refractivity contribution in [2.75, 3.05) is 13.1 Å². The predicted molar refractivity (Wildman–Crippen MR) is 78.7 cm³/mol. The van der Waals surface area contributed by atoms with Gasteiger partial charge in [0.25, 0.3) is 0 Å². The van der Waals surface area contributed by atoms with Crippen LogP contribution < -0.4 is 0 Å². The largest absolute Gasteiger partial charge is 0.481 e. The lowest BCUT2D eigenvalue weighted by Crippen LogP contribution is -2.48. The maximum atomic E-state index is 12.7. The molecular weight excluding hydrogens is 256 g/mol. The number of carbonyl (C=O) groups excluding carboxylic acids is 1. The summed E-state index contributed by atoms with van der Waals surface area (Å²) in [7, 11) is 0. The summed E-state index contributed by atoms with van der Waals surface area (Å²) in [5, 5.41) is 8.81. The Labute approximate surface area is 121 Å². The van der Waals surface area contributed by atoms with Crippen LogP contribution in [0.3, 0.4) is 0 Å². The summed E-state index contributed by atoms with van der Waals surface area (Å²) in [5.41, 5.74) is 0. The van der Waals surface area contributed by atoms with Gasteiger partial charge in [0.15, 0.2) is 0 Å². The first kappa shape index (κ1) is 16.8. The molecule has 0 aromatic rings. The number of carboxylic acid groups (broad SMARTS) is 1. The Morgan fingerprint density at radius 2 is 1.75 bits per heavy atom. The van der Waals surface area contributed by atoms with Gasteiger partial charge in [0.2, 0.25) is 0 Å². The van der Waals surface area contributed by atoms with Gasteiger partial charge < -0.3 is 14.9 Å². The molecule has 1 fully saturated rings. The molecule has 5 nitrogen and oxygen atoms in total. The molecule has 0 bridgehead atoms. The van der Waals surface area contributed by atoms with Gasteiger partial charge in [-0.15, -0.1) is 0 Å². The van der Waals surface area contributed by atoms with Gasteiger partial charge in [-0.05, 0) is 39.0 Å². The van der Waals surface area contributed by atoms with E-state index in [0.29, 0.717) is 12.0 Å². The lowest BCUT2D eigenvalue weighted by Gasteiger charge is -2.33. The lowest BCUT2D eigenvalue weighted by atomic mass is 10.1. The zero-order chi connectivity index (χ0) is 15.3. The van der Waals surface area contributed by atoms with Crippen LogP contribution in [0.2, 0.25) is 0 Å². The zero-order valence-electron chi connectivity index (χ0n) is 13.1. The third-order valence-electron chi connectivity index (χ3n) is 3.62. The predicted octanol–water partition coefficient (Wildman–Crippen LogP) is 2.80. The molecule has 116 valence electrons. The van der Waals surface area contributed by atoms with E-state index in [1.54, 1.807) is 4.90 Å². The molecule has 0 spiro atoms. The van der Waals surface area contributed by atoms with Gasteiger partial charge in [-0.25, -0.2) is 4.79 Å². The number of carboxylic acids is 1. The van der Waals surface area contributed by atoms with Gasteiger partial charge in [-0.1, -0.05) is 13.8 Å². The molecule has 5 heteroatoms. The fraction of sp³-hybridized carbons (Fsp3) is 0.867. The summed E-state index contributed by atoms with van der Waals surface area (Å²) in [6.45, 7) is 9.25. The highest BCUT2D eigenvalue weighted by Gasteiger charge is 2.35. The quantitative estimate of drug-likeness (QED) is 0.745. The van der Waals surface area contributed by atoms with Crippen LogP contribution in [0, 0.1) is 5.92 Å². The molecule has 0 heterocycles. The van der Waals surface area contributed by atoms with Crippen molar-refractivity contribution >= 4 is 12.0 Å². The van der Waals surface area contributed by atoms with Crippen molar-refractivity contribution in [1.82, 2.24) is 9.80 Å². The van der Waals surface area contributed by atoms with E-state index in [1.165, 1.54) is 0 Å². The lowest BCUT2D eigenvalue weighted by molar-refractivity contribution is -0.137. The zero-order valence-corrected chi connectivity index (χ0v) is 13.1. The summed E-state index contributed by atoms with van der Waals surface area (Å²) in [4.78, 5) is 27.0. The number of hydrogen-bond acceptors (Lipinski definition) is 2. The summed E-state index contributed by atoms with van der Waals surface area (Å²) in [6.07, 6.45) is 3.16. The van der Waals surface area contributed by atoms with Crippen molar-refractivity contribution in [1.29, 1.82) is 0 Å². The molecular formula is C15H28N2O3. The van der Waals surface area contributed by atoms with Crippen molar-refractivity contribution in [3.05, 3.63) is 0 Å². The fourth-order valence-corrected chi connectivity index (χ4v) is 2.17. The van der Waals surface area contributed by atoms with Crippen molar-refractivity contribution in [2.45, 2.75) is 65.5 Å². The van der Waals surface area contributed by atoms with E-state index >= 15 is 0 Å². The van der Waals surface area contributed by atoms with Crippen LogP contribution in [-0.4, -0.2) is 52.1 Å². The number of hydrogen-bond donors (Lipinski definition) is 1. The SMILES string of the molecule is CC(C)CCN(C(=O)N(CCC(=O)O)C(C)C)C1CC1. The first-order valence-electron chi connectivity index (χ1n) is 7.62. The molecule has 1 rings (SSSR count). The number of nitrogens with zero attached hydrogens (tertiary/aromatic N) is 2. The first-order chi connectivity index (χ1) is 9.32. The molecule has 0 unspecified atom stereocenters. The highest BCUT2D eigenvalue weighted by Crippen LogP contribution is 2.29. The molecule has 0 atom stereocenters. The first-order valence-corrected chi connectivity index (χ1v) is 7.62. The second-order valence-electron chi connectivity index (χ2n) is 6.32. The number of rotatable bonds is 8. The Balaban J connectivity index is 2.65. The van der Waals surface area contributed by atoms with Crippen molar-refractivity contribution in [3.8, 4) is 0 Å². The monoisotopic (exact) mass is 284 g/mol. The van der Waals surface area contributed by atoms with Crippen LogP contribution in [0.15, 0.2) is 0 Å². The van der Waals surface area contributed by atoms with Gasteiger partial charge in [-0.3, -0.25) is 4.79 Å². The normalized spacial score (nSPS) is 14.7. The molecule has 1 saturated carbocycles. The maximum Gasteiger partial charge on any atom is 0.320 e. The number of amides is 2. The maximum absolute atomic E-state index is 12.7. The smallest absolute Gasteiger partial charge is 0.320 e. The average Bonchev–Trinajstić information content (AvgIpc) is 3.12. The van der Waals surface area contributed by atoms with E-state index in [-0.39, 0.29) is 25.0 Å². The van der Waals surface area contributed by atoms with Crippen LogP contribution in [0.25, 0.3) is 0 Å². The standard InChI is InChI=1S/C15H28N2O3/c1-11(2)7-9-17(13-5-6-13)15(20)16(12(3)4)10-8-14(18)19/h11-13H,5-10H2,1-4H3,(H,18,19). The second-order valence-corrected chi connectivity index (χ2v) is 6.32. The molecule has 1 aliphatic rings. The number of urea groups is 1. The van der Waals surface area contributed by atoms with Crippen LogP contribution in [0.5, 0.6) is 0 Å². The summed E-state index contributed by atoms with van der Waals surface area (Å²) >= 11 is 0. The minimum absolute atomic E-state index is 0.00407. The highest BCUT2D eigenvalue weighted by atomic mass is 16.4. The van der Waals surface area contributed by atoms with E-state index in [1.807, 2.05) is 18.7 Å². The average molecular weight is 284 g/mol. The van der Waals surface area contributed by atoms with Gasteiger partial charge in [0.1, 0.15) is 0 Å². The molecule has 0 aliphatic heterocycles. The molecule has 0 saturated heterocycles. The van der Waals surface area contributed by atoms with Crippen LogP contribution in [0.1, 0.15) is 53.4 Å². The van der Waals surface area contributed by atoms with Crippen LogP contribution in [-0.2, 0) is 4.79 Å². The minimum atomic E-state index is -0.858. The molecule has 0 radical (unpaired) electrons. The van der Waals surface area contributed by atoms with E-state index < -0.39 is 5.97 Å². The minimum Gasteiger partial charge on any atom is -0.481 e. The summed E-state index contributed by atoms with van der Waals surface area (Å²) in [5.74, 6) is -0.292. The third-order valence-corrected chi connectivity index (χ3v) is 3.62. The van der Waals surface area contributed by atoms with Gasteiger partial charge in [0, 0.05) is 25.2 Å². The Kier molecular flexibility index (Phi) is 6.30. The van der Waals surface area contributed by atoms with E-state index in [0.717, 1.165) is 25.8 Å². The van der Waals surface area contributed by atoms with Gasteiger partial charge in [0.05, 0.1) is 6.42 Å². The van der Waals surface area contributed by atoms with E-state index in [4.69, 9.17) is 5.11 Å². The fourth-order valence-electron chi connectivity index (χ4n) is 2.17. The number of carbonyl (C=O) groups is 2. The Morgan fingerprint density at radius 1 is 1.15 bits per heavy atom. The number of aliphatic carboxylic acids is 1. The Morgan fingerprint density at radius 3 is 2.15 bits per heavy atom. The molecule has 1 aliphatic carbocycles. The molecule has 0 aromatic carbocycles. The molecule has 1 N–H and O–H groups in total. The van der Waals surface area contributed by atoms with Crippen molar-refractivity contribution in [3.63, 3.8) is 0 Å². The second kappa shape index (κ2) is 7.50. The van der Waals surface area contributed by atoms with Crippen LogP contribution >= 0.6 is 0 Å². The molecule has 2 amide bonds. The van der Waals surface area contributed by atoms with E-state index in [9.17, 15) is 9.59 Å². The molecule has 20 heavy (non-hydrogen) atoms. The topological polar surface area (TPSA) is 60.9 Å². The van der Waals surface area contributed by atoms with Crippen molar-refractivity contribution in [2.24, 2.45) is 5.92 Å². The Hall–Kier alpha value is -1.26. The highest BCUT2D eigenvalue weighted by molar-refractivity contribution is 5.76. The summed E-state index contributed by atoms with van der Waals surface area (Å²) in [6, 6.07) is 0.402. The van der Waals surface area contributed by atoms with Gasteiger partial charge >= 0.3 is 12.0 Å². The third kappa shape index (κ3) is 5.39. The summed E-state index contributed by atoms with van der Waals surface area (Å²) < 4.78 is 0. The van der Waals surface area contributed by atoms with Crippen LogP contribution in [0.4, 0.5) is 4.79 Å². The van der Waals surface area contributed by atoms with Gasteiger partial charge in [-0.2, -0.15) is 0 Å².